The lowest BCUT2D eigenvalue weighted by atomic mass is 10.0. The molecule has 116 valence electrons. The fourth-order valence-corrected chi connectivity index (χ4v) is 3.06. The van der Waals surface area contributed by atoms with Gasteiger partial charge in [-0.15, -0.1) is 0 Å². The second-order valence-electron chi connectivity index (χ2n) is 5.72. The van der Waals surface area contributed by atoms with Crippen molar-refractivity contribution in [3.8, 4) is 5.75 Å². The third-order valence-electron chi connectivity index (χ3n) is 3.82. The molecule has 0 unspecified atom stereocenters. The van der Waals surface area contributed by atoms with Gasteiger partial charge in [-0.05, 0) is 63.9 Å². The molecule has 0 radical (unpaired) electrons. The maximum atomic E-state index is 5.91. The Morgan fingerprint density at radius 1 is 1.09 bits per heavy atom. The van der Waals surface area contributed by atoms with Gasteiger partial charge in [0.2, 0.25) is 0 Å². The lowest BCUT2D eigenvalue weighted by Crippen LogP contribution is -2.47. The maximum absolute atomic E-state index is 5.91. The first-order valence-corrected chi connectivity index (χ1v) is 8.75. The zero-order valence-electron chi connectivity index (χ0n) is 12.5. The van der Waals surface area contributed by atoms with Gasteiger partial charge in [0, 0.05) is 29.7 Å². The molecule has 2 aromatic carbocycles. The second-order valence-corrected chi connectivity index (χ2v) is 6.97. The zero-order chi connectivity index (χ0) is 15.2. The molecular formula is C18H21IN2O. The topological polar surface area (TPSA) is 33.3 Å². The van der Waals surface area contributed by atoms with Crippen LogP contribution in [0.3, 0.4) is 0 Å². The summed E-state index contributed by atoms with van der Waals surface area (Å²) in [5.41, 5.74) is 2.47. The highest BCUT2D eigenvalue weighted by molar-refractivity contribution is 14.1. The van der Waals surface area contributed by atoms with Crippen LogP contribution in [0.4, 0.5) is 0 Å². The third-order valence-corrected chi connectivity index (χ3v) is 4.49. The number of benzene rings is 2. The van der Waals surface area contributed by atoms with Crippen LogP contribution in [0.5, 0.6) is 5.75 Å². The molecule has 1 aliphatic rings. The summed E-state index contributed by atoms with van der Waals surface area (Å²) in [7, 11) is 0. The molecule has 2 N–H and O–H groups in total. The van der Waals surface area contributed by atoms with E-state index in [4.69, 9.17) is 4.74 Å². The SMILES string of the molecule is Ic1cccc(COc2cccc(CNCC3CNC3)c2)c1. The van der Waals surface area contributed by atoms with Gasteiger partial charge in [0.15, 0.2) is 0 Å². The largest absolute Gasteiger partial charge is 0.489 e. The van der Waals surface area contributed by atoms with E-state index < -0.39 is 0 Å². The predicted octanol–water partition coefficient (Wildman–Crippen LogP) is 3.18. The first kappa shape index (κ1) is 15.8. The summed E-state index contributed by atoms with van der Waals surface area (Å²) < 4.78 is 7.14. The molecule has 0 amide bonds. The highest BCUT2D eigenvalue weighted by atomic mass is 127. The number of nitrogens with one attached hydrogen (secondary N) is 2. The van der Waals surface area contributed by atoms with Crippen molar-refractivity contribution >= 4 is 22.6 Å². The summed E-state index contributed by atoms with van der Waals surface area (Å²) in [5, 5.41) is 6.81. The molecule has 1 saturated heterocycles. The van der Waals surface area contributed by atoms with Crippen molar-refractivity contribution in [1.29, 1.82) is 0 Å². The smallest absolute Gasteiger partial charge is 0.120 e. The van der Waals surface area contributed by atoms with Gasteiger partial charge >= 0.3 is 0 Å². The van der Waals surface area contributed by atoms with Crippen LogP contribution in [-0.2, 0) is 13.2 Å². The highest BCUT2D eigenvalue weighted by Gasteiger charge is 2.15. The minimum Gasteiger partial charge on any atom is -0.489 e. The molecule has 0 bridgehead atoms. The van der Waals surface area contributed by atoms with Crippen molar-refractivity contribution < 1.29 is 4.74 Å². The molecule has 0 spiro atoms. The van der Waals surface area contributed by atoms with Crippen LogP contribution >= 0.6 is 22.6 Å². The van der Waals surface area contributed by atoms with Crippen molar-refractivity contribution in [3.63, 3.8) is 0 Å². The van der Waals surface area contributed by atoms with Gasteiger partial charge in [-0.1, -0.05) is 24.3 Å². The van der Waals surface area contributed by atoms with E-state index in [1.807, 2.05) is 6.07 Å². The molecule has 0 aromatic heterocycles. The number of rotatable bonds is 7. The Balaban J connectivity index is 1.49. The Labute approximate surface area is 145 Å². The minimum atomic E-state index is 0.613. The van der Waals surface area contributed by atoms with Crippen LogP contribution in [-0.4, -0.2) is 19.6 Å². The Morgan fingerprint density at radius 3 is 2.68 bits per heavy atom. The van der Waals surface area contributed by atoms with Crippen LogP contribution < -0.4 is 15.4 Å². The van der Waals surface area contributed by atoms with E-state index in [1.54, 1.807) is 0 Å². The summed E-state index contributed by atoms with van der Waals surface area (Å²) in [5.74, 6) is 1.73. The summed E-state index contributed by atoms with van der Waals surface area (Å²) in [6.07, 6.45) is 0. The fourth-order valence-electron chi connectivity index (χ4n) is 2.45. The van der Waals surface area contributed by atoms with Crippen molar-refractivity contribution in [2.45, 2.75) is 13.2 Å². The monoisotopic (exact) mass is 408 g/mol. The lowest BCUT2D eigenvalue weighted by molar-refractivity contribution is 0.305. The predicted molar refractivity (Wildman–Crippen MR) is 98.0 cm³/mol. The summed E-state index contributed by atoms with van der Waals surface area (Å²) in [6.45, 7) is 4.89. The van der Waals surface area contributed by atoms with Crippen molar-refractivity contribution in [2.24, 2.45) is 5.92 Å². The van der Waals surface area contributed by atoms with E-state index in [2.05, 4.69) is 75.7 Å². The summed E-state index contributed by atoms with van der Waals surface area (Å²) in [6, 6.07) is 16.8. The molecular weight excluding hydrogens is 387 g/mol. The minimum absolute atomic E-state index is 0.613. The zero-order valence-corrected chi connectivity index (χ0v) is 14.7. The lowest BCUT2D eigenvalue weighted by Gasteiger charge is -2.27. The Hall–Kier alpha value is -1.11. The van der Waals surface area contributed by atoms with Gasteiger partial charge in [-0.2, -0.15) is 0 Å². The maximum Gasteiger partial charge on any atom is 0.120 e. The third kappa shape index (κ3) is 4.69. The quantitative estimate of drug-likeness (QED) is 0.691. The molecule has 1 aliphatic heterocycles. The first-order chi connectivity index (χ1) is 10.8. The molecule has 1 fully saturated rings. The van der Waals surface area contributed by atoms with E-state index in [0.29, 0.717) is 6.61 Å². The molecule has 0 aliphatic carbocycles. The average Bonchev–Trinajstić information content (AvgIpc) is 2.48. The summed E-state index contributed by atoms with van der Waals surface area (Å²) >= 11 is 2.33. The fraction of sp³-hybridized carbons (Fsp3) is 0.333. The Bertz CT molecular complexity index is 614. The van der Waals surface area contributed by atoms with E-state index in [0.717, 1.165) is 37.8 Å². The van der Waals surface area contributed by atoms with E-state index >= 15 is 0 Å². The second kappa shape index (κ2) is 7.94. The average molecular weight is 408 g/mol. The molecule has 1 heterocycles. The molecule has 0 saturated carbocycles. The van der Waals surface area contributed by atoms with Gasteiger partial charge in [0.25, 0.3) is 0 Å². The molecule has 0 atom stereocenters. The van der Waals surface area contributed by atoms with Gasteiger partial charge in [-0.25, -0.2) is 0 Å². The number of halogens is 1. The highest BCUT2D eigenvalue weighted by Crippen LogP contribution is 2.16. The van der Waals surface area contributed by atoms with E-state index in [-0.39, 0.29) is 0 Å². The van der Waals surface area contributed by atoms with Crippen LogP contribution in [0.15, 0.2) is 48.5 Å². The Kier molecular flexibility index (Phi) is 5.70. The van der Waals surface area contributed by atoms with Gasteiger partial charge in [-0.3, -0.25) is 0 Å². The normalized spacial score (nSPS) is 14.6. The Morgan fingerprint density at radius 2 is 1.91 bits per heavy atom. The molecule has 22 heavy (non-hydrogen) atoms. The standard InChI is InChI=1S/C18H21IN2O/c19-17-5-1-4-15(7-17)13-22-18-6-2-3-14(8-18)9-20-10-16-11-21-12-16/h1-8,16,20-21H,9-13H2. The molecule has 3 rings (SSSR count). The molecule has 2 aromatic rings. The van der Waals surface area contributed by atoms with Gasteiger partial charge in [0.05, 0.1) is 0 Å². The van der Waals surface area contributed by atoms with Crippen LogP contribution in [0.25, 0.3) is 0 Å². The first-order valence-electron chi connectivity index (χ1n) is 7.67. The summed E-state index contributed by atoms with van der Waals surface area (Å²) in [4.78, 5) is 0. The number of ether oxygens (including phenoxy) is 1. The molecule has 4 heteroatoms. The molecule has 3 nitrogen and oxygen atoms in total. The van der Waals surface area contributed by atoms with Crippen LogP contribution in [0.2, 0.25) is 0 Å². The van der Waals surface area contributed by atoms with E-state index in [9.17, 15) is 0 Å². The van der Waals surface area contributed by atoms with E-state index in [1.165, 1.54) is 14.7 Å². The van der Waals surface area contributed by atoms with Crippen LogP contribution in [0.1, 0.15) is 11.1 Å². The number of hydrogen-bond donors (Lipinski definition) is 2. The van der Waals surface area contributed by atoms with Crippen LogP contribution in [0, 0.1) is 9.49 Å². The van der Waals surface area contributed by atoms with Crippen molar-refractivity contribution in [1.82, 2.24) is 10.6 Å². The van der Waals surface area contributed by atoms with Gasteiger partial charge in [0.1, 0.15) is 12.4 Å². The number of hydrogen-bond acceptors (Lipinski definition) is 3. The van der Waals surface area contributed by atoms with Crippen molar-refractivity contribution in [2.75, 3.05) is 19.6 Å². The van der Waals surface area contributed by atoms with Gasteiger partial charge < -0.3 is 15.4 Å². The van der Waals surface area contributed by atoms with Crippen molar-refractivity contribution in [3.05, 3.63) is 63.2 Å².